The Labute approximate surface area is 271 Å². The van der Waals surface area contributed by atoms with Gasteiger partial charge in [0.25, 0.3) is 0 Å². The zero-order valence-electron chi connectivity index (χ0n) is 24.5. The summed E-state index contributed by atoms with van der Waals surface area (Å²) in [5.41, 5.74) is 13.3. The number of para-hydroxylation sites is 2. The van der Waals surface area contributed by atoms with E-state index in [1.165, 1.54) is 66.3 Å². The first-order valence-corrected chi connectivity index (χ1v) is 16.2. The van der Waals surface area contributed by atoms with Crippen molar-refractivity contribution in [2.45, 2.75) is 5.41 Å². The minimum absolute atomic E-state index is 0.416. The smallest absolute Gasteiger partial charge is 0.0713 e. The van der Waals surface area contributed by atoms with Crippen LogP contribution in [0.2, 0.25) is 0 Å². The van der Waals surface area contributed by atoms with E-state index < -0.39 is 5.41 Å². The standard InChI is InChI=1S/C43H28BrN/c44-40-28-39-37(33-20-7-10-23-38(33)43(39,30-15-3-1-4-16-30)31-17-5-2-6-18-31)27-36(40)29-14-13-19-32(26-29)45-41-24-11-8-21-34(41)35-22-9-12-25-42(35)45/h1-28H. The summed E-state index contributed by atoms with van der Waals surface area (Å²) in [5, 5.41) is 2.54. The summed E-state index contributed by atoms with van der Waals surface area (Å²) >= 11 is 4.07. The van der Waals surface area contributed by atoms with Crippen LogP contribution in [0.25, 0.3) is 49.7 Å². The SMILES string of the molecule is Brc1cc2c(cc1-c1cccc(-n3c4ccccc4c4ccccc43)c1)-c1ccccc1C2(c1ccccc1)c1ccccc1. The lowest BCUT2D eigenvalue weighted by atomic mass is 9.67. The number of hydrogen-bond acceptors (Lipinski definition) is 0. The lowest BCUT2D eigenvalue weighted by Crippen LogP contribution is -2.28. The van der Waals surface area contributed by atoms with Crippen LogP contribution in [0, 0.1) is 0 Å². The predicted octanol–water partition coefficient (Wildman–Crippen LogP) is 11.6. The Kier molecular flexibility index (Phi) is 5.94. The number of nitrogens with zero attached hydrogens (tertiary/aromatic N) is 1. The van der Waals surface area contributed by atoms with Crippen LogP contribution in [0.5, 0.6) is 0 Å². The zero-order valence-corrected chi connectivity index (χ0v) is 26.1. The highest BCUT2D eigenvalue weighted by Crippen LogP contribution is 2.57. The van der Waals surface area contributed by atoms with Gasteiger partial charge in [-0.25, -0.2) is 0 Å². The van der Waals surface area contributed by atoms with Gasteiger partial charge in [-0.1, -0.05) is 149 Å². The molecule has 9 rings (SSSR count). The summed E-state index contributed by atoms with van der Waals surface area (Å²) in [6.07, 6.45) is 0. The van der Waals surface area contributed by atoms with Crippen LogP contribution in [0.4, 0.5) is 0 Å². The molecule has 0 bridgehead atoms. The summed E-state index contributed by atoms with van der Waals surface area (Å²) in [4.78, 5) is 0. The molecule has 1 aliphatic rings. The normalized spacial score (nSPS) is 13.2. The molecule has 1 aromatic heterocycles. The summed E-state index contributed by atoms with van der Waals surface area (Å²) in [6, 6.07) is 62.0. The van der Waals surface area contributed by atoms with Gasteiger partial charge in [0.1, 0.15) is 0 Å². The lowest BCUT2D eigenvalue weighted by molar-refractivity contribution is 0.768. The fraction of sp³-hybridized carbons (Fsp3) is 0.0233. The van der Waals surface area contributed by atoms with Crippen LogP contribution in [0.1, 0.15) is 22.3 Å². The number of hydrogen-bond donors (Lipinski definition) is 0. The van der Waals surface area contributed by atoms with Crippen molar-refractivity contribution < 1.29 is 0 Å². The highest BCUT2D eigenvalue weighted by Gasteiger charge is 2.46. The third-order valence-corrected chi connectivity index (χ3v) is 10.2. The highest BCUT2D eigenvalue weighted by molar-refractivity contribution is 9.10. The number of aromatic nitrogens is 1. The highest BCUT2D eigenvalue weighted by atomic mass is 79.9. The molecule has 0 radical (unpaired) electrons. The number of fused-ring (bicyclic) bond motifs is 6. The molecule has 0 saturated heterocycles. The topological polar surface area (TPSA) is 4.93 Å². The van der Waals surface area contributed by atoms with Crippen LogP contribution in [0.15, 0.2) is 174 Å². The molecule has 8 aromatic rings. The van der Waals surface area contributed by atoms with Gasteiger partial charge in [0, 0.05) is 20.9 Å². The summed E-state index contributed by atoms with van der Waals surface area (Å²) in [5.74, 6) is 0. The number of rotatable bonds is 4. The van der Waals surface area contributed by atoms with Gasteiger partial charge in [0.2, 0.25) is 0 Å². The Morgan fingerprint density at radius 3 is 1.67 bits per heavy atom. The van der Waals surface area contributed by atoms with Gasteiger partial charge in [0.15, 0.2) is 0 Å². The molecule has 1 aliphatic carbocycles. The van der Waals surface area contributed by atoms with Crippen molar-refractivity contribution in [1.29, 1.82) is 0 Å². The first-order valence-electron chi connectivity index (χ1n) is 15.4. The van der Waals surface area contributed by atoms with E-state index in [-0.39, 0.29) is 0 Å². The molecule has 0 saturated carbocycles. The molecule has 0 amide bonds. The maximum atomic E-state index is 4.07. The van der Waals surface area contributed by atoms with Crippen molar-refractivity contribution in [3.05, 3.63) is 197 Å². The van der Waals surface area contributed by atoms with E-state index in [2.05, 4.69) is 190 Å². The molecule has 1 nitrogen and oxygen atoms in total. The van der Waals surface area contributed by atoms with E-state index >= 15 is 0 Å². The molecule has 212 valence electrons. The van der Waals surface area contributed by atoms with Gasteiger partial charge in [-0.05, 0) is 80.9 Å². The Balaban J connectivity index is 1.29. The van der Waals surface area contributed by atoms with Crippen molar-refractivity contribution in [3.63, 3.8) is 0 Å². The molecule has 45 heavy (non-hydrogen) atoms. The molecular weight excluding hydrogens is 610 g/mol. The predicted molar refractivity (Wildman–Crippen MR) is 191 cm³/mol. The second-order valence-electron chi connectivity index (χ2n) is 11.8. The van der Waals surface area contributed by atoms with Crippen molar-refractivity contribution >= 4 is 37.7 Å². The minimum atomic E-state index is -0.416. The summed E-state index contributed by atoms with van der Waals surface area (Å²) in [6.45, 7) is 0. The number of benzene rings is 7. The Morgan fingerprint density at radius 2 is 1.00 bits per heavy atom. The summed E-state index contributed by atoms with van der Waals surface area (Å²) in [7, 11) is 0. The molecule has 1 heterocycles. The van der Waals surface area contributed by atoms with Gasteiger partial charge in [-0.15, -0.1) is 0 Å². The van der Waals surface area contributed by atoms with E-state index in [4.69, 9.17) is 0 Å². The molecule has 0 fully saturated rings. The largest absolute Gasteiger partial charge is 0.309 e. The van der Waals surface area contributed by atoms with Gasteiger partial charge < -0.3 is 4.57 Å². The van der Waals surface area contributed by atoms with Crippen LogP contribution in [0.3, 0.4) is 0 Å². The minimum Gasteiger partial charge on any atom is -0.309 e. The Morgan fingerprint density at radius 1 is 0.422 bits per heavy atom. The molecule has 0 atom stereocenters. The first kappa shape index (κ1) is 26.2. The Hall–Kier alpha value is -5.18. The third kappa shape index (κ3) is 3.79. The van der Waals surface area contributed by atoms with E-state index in [9.17, 15) is 0 Å². The molecule has 0 unspecified atom stereocenters. The van der Waals surface area contributed by atoms with E-state index in [0.717, 1.165) is 10.2 Å². The third-order valence-electron chi connectivity index (χ3n) is 9.54. The van der Waals surface area contributed by atoms with E-state index in [1.54, 1.807) is 0 Å². The summed E-state index contributed by atoms with van der Waals surface area (Å²) < 4.78 is 3.48. The molecule has 0 aliphatic heterocycles. The average Bonchev–Trinajstić information content (AvgIpc) is 3.59. The van der Waals surface area contributed by atoms with Gasteiger partial charge in [0.05, 0.1) is 16.4 Å². The van der Waals surface area contributed by atoms with Gasteiger partial charge in [-0.3, -0.25) is 0 Å². The van der Waals surface area contributed by atoms with Crippen LogP contribution >= 0.6 is 15.9 Å². The van der Waals surface area contributed by atoms with Crippen LogP contribution < -0.4 is 0 Å². The van der Waals surface area contributed by atoms with Gasteiger partial charge in [-0.2, -0.15) is 0 Å². The quantitative estimate of drug-likeness (QED) is 0.181. The second kappa shape index (κ2) is 10.2. The van der Waals surface area contributed by atoms with Crippen molar-refractivity contribution in [1.82, 2.24) is 4.57 Å². The first-order chi connectivity index (χ1) is 22.2. The van der Waals surface area contributed by atoms with Crippen molar-refractivity contribution in [2.75, 3.05) is 0 Å². The van der Waals surface area contributed by atoms with Crippen LogP contribution in [-0.4, -0.2) is 4.57 Å². The van der Waals surface area contributed by atoms with E-state index in [1.807, 2.05) is 0 Å². The zero-order chi connectivity index (χ0) is 30.0. The molecule has 2 heteroatoms. The maximum Gasteiger partial charge on any atom is 0.0713 e. The van der Waals surface area contributed by atoms with Crippen LogP contribution in [-0.2, 0) is 5.41 Å². The molecule has 0 spiro atoms. The van der Waals surface area contributed by atoms with Crippen molar-refractivity contribution in [2.24, 2.45) is 0 Å². The van der Waals surface area contributed by atoms with Crippen molar-refractivity contribution in [3.8, 4) is 27.9 Å². The maximum absolute atomic E-state index is 4.07. The monoisotopic (exact) mass is 637 g/mol. The Bertz CT molecular complexity index is 2290. The number of halogens is 1. The molecular formula is C43H28BrN. The fourth-order valence-corrected chi connectivity index (χ4v) is 8.27. The molecule has 7 aromatic carbocycles. The van der Waals surface area contributed by atoms with Gasteiger partial charge >= 0.3 is 0 Å². The van der Waals surface area contributed by atoms with E-state index in [0.29, 0.717) is 0 Å². The average molecular weight is 639 g/mol. The lowest BCUT2D eigenvalue weighted by Gasteiger charge is -2.34. The molecule has 0 N–H and O–H groups in total. The fourth-order valence-electron chi connectivity index (χ4n) is 7.70. The second-order valence-corrected chi connectivity index (χ2v) is 12.7.